The molecule has 2 aliphatic carbocycles. The average Bonchev–Trinajstić information content (AvgIpc) is 3.14. The van der Waals surface area contributed by atoms with Crippen LogP contribution in [0.1, 0.15) is 66.2 Å². The lowest BCUT2D eigenvalue weighted by molar-refractivity contribution is 0.0887. The molecule has 2 aromatic carbocycles. The third-order valence-corrected chi connectivity index (χ3v) is 9.94. The fourth-order valence-corrected chi connectivity index (χ4v) is 8.00. The number of hydrogen-bond donors (Lipinski definition) is 2. The number of aryl methyl sites for hydroxylation is 2. The molecule has 16 heteroatoms. The second kappa shape index (κ2) is 12.4. The highest BCUT2D eigenvalue weighted by Crippen LogP contribution is 2.50. The zero-order valence-corrected chi connectivity index (χ0v) is 26.2. The minimum atomic E-state index is -4.33. The lowest BCUT2D eigenvalue weighted by Crippen LogP contribution is -2.30. The van der Waals surface area contributed by atoms with Crippen LogP contribution in [0.4, 0.5) is 0 Å². The predicted molar refractivity (Wildman–Crippen MR) is 150 cm³/mol. The minimum absolute atomic E-state index is 0.105. The Hall–Kier alpha value is -1.92. The molecule has 0 heterocycles. The lowest BCUT2D eigenvalue weighted by Gasteiger charge is -2.37. The van der Waals surface area contributed by atoms with E-state index in [1.54, 1.807) is 24.3 Å². The molecular formula is C25H34O12S4. The first-order valence-corrected chi connectivity index (χ1v) is 19.1. The Morgan fingerprint density at radius 2 is 0.976 bits per heavy atom. The fourth-order valence-electron chi connectivity index (χ4n) is 5.13. The summed E-state index contributed by atoms with van der Waals surface area (Å²) in [6.07, 6.45) is 3.26. The number of benzene rings is 2. The SMILES string of the molecule is CS(=O)(=O)OC1CCCC1OS(C)(=O)=O.Cc1ccc(S(=O)(=O)O)c(C2CC(c3cc(C)ccc3S(=O)(=O)O)C2)c1. The quantitative estimate of drug-likeness (QED) is 0.312. The van der Waals surface area contributed by atoms with Crippen LogP contribution in [0, 0.1) is 13.8 Å². The van der Waals surface area contributed by atoms with Crippen LogP contribution in [0.25, 0.3) is 0 Å². The van der Waals surface area contributed by atoms with E-state index < -0.39 is 52.7 Å². The standard InChI is InChI=1S/C18H20O6S2.C7H14O6S2/c1-11-3-5-17(25(19,20)21)15(7-11)13-9-14(10-13)16-8-12(2)4-6-18(16)26(22,23)24;1-14(8,9)12-6-4-3-5-7(6)13-15(2,10)11/h3-8,13-14H,9-10H2,1-2H3,(H,19,20,21)(H,22,23,24);6-7H,3-5H2,1-2H3. The summed E-state index contributed by atoms with van der Waals surface area (Å²) in [4.78, 5) is -0.211. The Morgan fingerprint density at radius 3 is 1.27 bits per heavy atom. The van der Waals surface area contributed by atoms with Gasteiger partial charge in [0.25, 0.3) is 40.5 Å². The van der Waals surface area contributed by atoms with Crippen LogP contribution in [0.5, 0.6) is 0 Å². The van der Waals surface area contributed by atoms with Crippen LogP contribution >= 0.6 is 0 Å². The van der Waals surface area contributed by atoms with E-state index >= 15 is 0 Å². The molecule has 0 saturated heterocycles. The van der Waals surface area contributed by atoms with Crippen LogP contribution < -0.4 is 0 Å². The van der Waals surface area contributed by atoms with E-state index in [2.05, 4.69) is 0 Å². The van der Waals surface area contributed by atoms with Gasteiger partial charge < -0.3 is 0 Å². The Labute approximate surface area is 241 Å². The maximum Gasteiger partial charge on any atom is 0.294 e. The molecule has 0 aliphatic heterocycles. The minimum Gasteiger partial charge on any atom is -0.282 e. The van der Waals surface area contributed by atoms with Gasteiger partial charge in [-0.3, -0.25) is 17.5 Å². The van der Waals surface area contributed by atoms with Gasteiger partial charge >= 0.3 is 0 Å². The molecule has 230 valence electrons. The molecule has 0 spiro atoms. The van der Waals surface area contributed by atoms with E-state index in [1.807, 2.05) is 13.8 Å². The smallest absolute Gasteiger partial charge is 0.282 e. The molecule has 2 aliphatic rings. The molecule has 12 nitrogen and oxygen atoms in total. The molecule has 2 unspecified atom stereocenters. The van der Waals surface area contributed by atoms with Crippen LogP contribution in [0.15, 0.2) is 46.2 Å². The van der Waals surface area contributed by atoms with E-state index in [0.717, 1.165) is 23.6 Å². The summed E-state index contributed by atoms with van der Waals surface area (Å²) in [7, 11) is -15.8. The second-order valence-electron chi connectivity index (χ2n) is 10.5. The summed E-state index contributed by atoms with van der Waals surface area (Å²) in [5.74, 6) is -0.210. The van der Waals surface area contributed by atoms with Crippen molar-refractivity contribution in [2.24, 2.45) is 0 Å². The highest BCUT2D eigenvalue weighted by atomic mass is 32.2. The third-order valence-electron chi connectivity index (χ3n) is 6.89. The summed E-state index contributed by atoms with van der Waals surface area (Å²) in [6, 6.07) is 9.51. The highest BCUT2D eigenvalue weighted by molar-refractivity contribution is 7.86. The molecule has 2 fully saturated rings. The zero-order chi connectivity index (χ0) is 31.0. The van der Waals surface area contributed by atoms with Gasteiger partial charge in [-0.15, -0.1) is 0 Å². The highest BCUT2D eigenvalue weighted by Gasteiger charge is 2.37. The Kier molecular flexibility index (Phi) is 10.1. The summed E-state index contributed by atoms with van der Waals surface area (Å²) < 4.78 is 118. The first-order chi connectivity index (χ1) is 18.6. The van der Waals surface area contributed by atoms with Crippen molar-refractivity contribution in [3.8, 4) is 0 Å². The van der Waals surface area contributed by atoms with E-state index in [-0.39, 0.29) is 21.6 Å². The van der Waals surface area contributed by atoms with Gasteiger partial charge in [0, 0.05) is 0 Å². The number of rotatable bonds is 8. The Balaban J connectivity index is 0.000000263. The van der Waals surface area contributed by atoms with Gasteiger partial charge in [-0.2, -0.15) is 33.7 Å². The molecule has 4 rings (SSSR count). The Morgan fingerprint density at radius 1 is 0.634 bits per heavy atom. The molecule has 0 amide bonds. The van der Waals surface area contributed by atoms with Crippen molar-refractivity contribution < 1.29 is 51.1 Å². The van der Waals surface area contributed by atoms with E-state index in [0.29, 0.717) is 43.2 Å². The van der Waals surface area contributed by atoms with E-state index in [9.17, 15) is 42.8 Å². The van der Waals surface area contributed by atoms with Crippen molar-refractivity contribution in [1.29, 1.82) is 0 Å². The van der Waals surface area contributed by atoms with Crippen LogP contribution in [-0.4, -0.2) is 67.5 Å². The van der Waals surface area contributed by atoms with Crippen molar-refractivity contribution in [1.82, 2.24) is 0 Å². The Bertz CT molecular complexity index is 1580. The second-order valence-corrected chi connectivity index (χ2v) is 16.5. The largest absolute Gasteiger partial charge is 0.294 e. The molecular weight excluding hydrogens is 621 g/mol. The molecule has 2 saturated carbocycles. The number of hydrogen-bond acceptors (Lipinski definition) is 10. The van der Waals surface area contributed by atoms with Crippen molar-refractivity contribution >= 4 is 40.5 Å². The normalized spacial score (nSPS) is 23.4. The third kappa shape index (κ3) is 9.54. The fraction of sp³-hybridized carbons (Fsp3) is 0.520. The zero-order valence-electron chi connectivity index (χ0n) is 22.9. The van der Waals surface area contributed by atoms with Gasteiger partial charge in [-0.1, -0.05) is 35.4 Å². The molecule has 2 atom stereocenters. The molecule has 41 heavy (non-hydrogen) atoms. The summed E-state index contributed by atoms with van der Waals surface area (Å²) >= 11 is 0. The van der Waals surface area contributed by atoms with Gasteiger partial charge in [0.15, 0.2) is 0 Å². The average molecular weight is 655 g/mol. The molecule has 0 radical (unpaired) electrons. The van der Waals surface area contributed by atoms with Gasteiger partial charge in [-0.05, 0) is 81.0 Å². The summed E-state index contributed by atoms with van der Waals surface area (Å²) in [5, 5.41) is 0. The first kappa shape index (κ1) is 33.6. The summed E-state index contributed by atoms with van der Waals surface area (Å²) in [6.45, 7) is 3.68. The molecule has 2 N–H and O–H groups in total. The van der Waals surface area contributed by atoms with Crippen molar-refractivity contribution in [2.75, 3.05) is 12.5 Å². The predicted octanol–water partition coefficient (Wildman–Crippen LogP) is 3.32. The van der Waals surface area contributed by atoms with Gasteiger partial charge in [0.2, 0.25) is 0 Å². The maximum atomic E-state index is 11.6. The van der Waals surface area contributed by atoms with Crippen molar-refractivity contribution in [2.45, 2.75) is 79.8 Å². The summed E-state index contributed by atoms with van der Waals surface area (Å²) in [5.41, 5.74) is 2.85. The maximum absolute atomic E-state index is 11.6. The van der Waals surface area contributed by atoms with Crippen LogP contribution in [0.2, 0.25) is 0 Å². The van der Waals surface area contributed by atoms with Crippen molar-refractivity contribution in [3.63, 3.8) is 0 Å². The lowest BCUT2D eigenvalue weighted by atomic mass is 9.68. The van der Waals surface area contributed by atoms with Crippen LogP contribution in [-0.2, 0) is 48.8 Å². The monoisotopic (exact) mass is 654 g/mol. The molecule has 0 bridgehead atoms. The van der Waals surface area contributed by atoms with Gasteiger partial charge in [-0.25, -0.2) is 0 Å². The molecule has 2 aromatic rings. The van der Waals surface area contributed by atoms with E-state index in [1.165, 1.54) is 12.1 Å². The topological polar surface area (TPSA) is 195 Å². The van der Waals surface area contributed by atoms with Gasteiger partial charge in [0.05, 0.1) is 22.3 Å². The van der Waals surface area contributed by atoms with E-state index in [4.69, 9.17) is 8.37 Å². The van der Waals surface area contributed by atoms with Gasteiger partial charge in [0.1, 0.15) is 12.2 Å². The van der Waals surface area contributed by atoms with Crippen molar-refractivity contribution in [3.05, 3.63) is 58.7 Å². The molecule has 0 aromatic heterocycles. The first-order valence-electron chi connectivity index (χ1n) is 12.6. The van der Waals surface area contributed by atoms with Crippen LogP contribution in [0.3, 0.4) is 0 Å².